The summed E-state index contributed by atoms with van der Waals surface area (Å²) in [6.07, 6.45) is -19.2. The van der Waals surface area contributed by atoms with E-state index in [0.717, 1.165) is 6.07 Å². The highest BCUT2D eigenvalue weighted by molar-refractivity contribution is 5.83. The van der Waals surface area contributed by atoms with Crippen molar-refractivity contribution in [3.8, 4) is 0 Å². The minimum absolute atomic E-state index is 0.0303. The number of carbonyl (C=O) groups excluding carboxylic acids is 3. The molecule has 8 unspecified atom stereocenters. The minimum Gasteiger partial charge on any atom is -0.458 e. The van der Waals surface area contributed by atoms with Gasteiger partial charge in [-0.3, -0.25) is 14.4 Å². The molecule has 0 aromatic carbocycles. The van der Waals surface area contributed by atoms with Gasteiger partial charge >= 0.3 is 34.8 Å². The number of hydrogen-bond acceptors (Lipinski definition) is 21. The zero-order valence-electron chi connectivity index (χ0n) is 43.4. The average molecular weight is 1060 g/mol. The maximum absolute atomic E-state index is 14.3. The van der Waals surface area contributed by atoms with E-state index in [0.29, 0.717) is 16.7 Å². The van der Waals surface area contributed by atoms with Gasteiger partial charge in [0, 0.05) is 74.8 Å². The molecule has 0 bridgehead atoms. The smallest absolute Gasteiger partial charge is 0.336 e. The first-order valence-corrected chi connectivity index (χ1v) is 26.2. The van der Waals surface area contributed by atoms with Crippen molar-refractivity contribution in [2.24, 2.45) is 34.0 Å². The molecule has 3 aromatic rings. The first-order chi connectivity index (χ1) is 35.5. The van der Waals surface area contributed by atoms with Crippen LogP contribution in [0.1, 0.15) is 169 Å². The van der Waals surface area contributed by atoms with Crippen LogP contribution in [0.5, 0.6) is 0 Å². The highest BCUT2D eigenvalue weighted by Crippen LogP contribution is 2.70. The third-order valence-corrected chi connectivity index (χ3v) is 20.9. The van der Waals surface area contributed by atoms with Crippen molar-refractivity contribution in [2.75, 3.05) is 0 Å². The third-order valence-electron chi connectivity index (χ3n) is 20.9. The Morgan fingerprint density at radius 1 is 0.474 bits per heavy atom. The van der Waals surface area contributed by atoms with Gasteiger partial charge in [-0.05, 0) is 64.2 Å². The lowest BCUT2D eigenvalue weighted by molar-refractivity contribution is -0.187. The lowest BCUT2D eigenvalue weighted by Crippen LogP contribution is -2.65. The fourth-order valence-corrected chi connectivity index (χ4v) is 17.6. The molecule has 4 aliphatic heterocycles. The van der Waals surface area contributed by atoms with Gasteiger partial charge < -0.3 is 72.3 Å². The van der Waals surface area contributed by atoms with Crippen molar-refractivity contribution in [3.63, 3.8) is 0 Å². The zero-order valence-corrected chi connectivity index (χ0v) is 43.4. The van der Waals surface area contributed by atoms with Crippen molar-refractivity contribution in [3.05, 3.63) is 100 Å². The number of aliphatic hydroxyl groups excluding tert-OH is 6. The van der Waals surface area contributed by atoms with Crippen molar-refractivity contribution in [1.82, 2.24) is 0 Å². The molecular weight excluding hydrogens is 997 g/mol. The summed E-state index contributed by atoms with van der Waals surface area (Å²) in [5.74, 6) is -5.34. The van der Waals surface area contributed by atoms with E-state index in [1.807, 2.05) is 6.92 Å². The molecule has 7 fully saturated rings. The maximum Gasteiger partial charge on any atom is 0.336 e. The van der Waals surface area contributed by atoms with Crippen LogP contribution in [0.3, 0.4) is 0 Å². The number of epoxide rings is 1. The van der Waals surface area contributed by atoms with E-state index in [4.69, 9.17) is 41.7 Å². The van der Waals surface area contributed by atoms with E-state index in [-0.39, 0.29) is 52.7 Å². The summed E-state index contributed by atoms with van der Waals surface area (Å²) in [5, 5.41) is 72.9. The fraction of sp³-hybridized carbons (Fsp3) is 0.673. The van der Waals surface area contributed by atoms with Crippen LogP contribution in [0.15, 0.2) is 45.8 Å². The summed E-state index contributed by atoms with van der Waals surface area (Å²) >= 11 is 0. The van der Waals surface area contributed by atoms with Gasteiger partial charge in [0.1, 0.15) is 83.0 Å². The van der Waals surface area contributed by atoms with Gasteiger partial charge in [0.05, 0.1) is 42.0 Å². The van der Waals surface area contributed by atoms with Gasteiger partial charge in [-0.1, -0.05) is 34.6 Å². The lowest BCUT2D eigenvalue weighted by Gasteiger charge is -2.57. The Morgan fingerprint density at radius 2 is 0.868 bits per heavy atom. The molecule has 21 nitrogen and oxygen atoms in total. The van der Waals surface area contributed by atoms with E-state index in [2.05, 4.69) is 0 Å². The molecule has 21 heteroatoms. The van der Waals surface area contributed by atoms with Crippen LogP contribution in [0.4, 0.5) is 0 Å². The van der Waals surface area contributed by atoms with E-state index in [1.54, 1.807) is 41.5 Å². The van der Waals surface area contributed by atoms with Crippen LogP contribution in [0, 0.1) is 34.0 Å². The van der Waals surface area contributed by atoms with Crippen molar-refractivity contribution in [1.29, 1.82) is 0 Å². The highest BCUT2D eigenvalue weighted by Gasteiger charge is 2.80. The average Bonchev–Trinajstić information content (AvgIpc) is 4.05. The third kappa shape index (κ3) is 5.76. The van der Waals surface area contributed by atoms with Crippen molar-refractivity contribution in [2.45, 2.75) is 196 Å². The molecule has 7 heterocycles. The largest absolute Gasteiger partial charge is 0.458 e. The molecule has 76 heavy (non-hydrogen) atoms. The number of hydrogen-bond donors (Lipinski definition) is 6. The first kappa shape index (κ1) is 50.4. The number of aliphatic hydroxyl groups is 6. The normalized spacial score (nSPS) is 47.2. The molecule has 3 aromatic heterocycles. The Bertz CT molecular complexity index is 3290. The Morgan fingerprint density at radius 3 is 1.38 bits per heavy atom. The zero-order chi connectivity index (χ0) is 54.5. The molecule has 24 atom stereocenters. The first-order valence-electron chi connectivity index (χ1n) is 26.2. The second-order valence-corrected chi connectivity index (χ2v) is 25.2. The van der Waals surface area contributed by atoms with Crippen LogP contribution in [0.2, 0.25) is 0 Å². The van der Waals surface area contributed by atoms with Gasteiger partial charge in [-0.25, -0.2) is 14.4 Å². The summed E-state index contributed by atoms with van der Waals surface area (Å²) < 4.78 is 54.6. The summed E-state index contributed by atoms with van der Waals surface area (Å²) in [4.78, 5) is 82.8. The number of carbonyl (C=O) groups is 3. The van der Waals surface area contributed by atoms with E-state index in [1.165, 1.54) is 32.9 Å². The summed E-state index contributed by atoms with van der Waals surface area (Å²) in [6.45, 7) is 16.6. The molecule has 0 amide bonds. The van der Waals surface area contributed by atoms with Crippen LogP contribution >= 0.6 is 0 Å². The SMILES string of the molecule is CC(C)c1oc(=O)cc2c1[C@@H](O)C1OC(=O)[C@]3(C)C1[C@]2(C)C[C@H](OC(C)c1oc(=O)cc2c1[C@@H](O)C1OC(=O)[C@@]4(C)C[C@@H](OC(C)c5oc(=O)cc6c5[C@@H](O)C5OC(=O)[C@]7(C)C5[C@]6(C)[C@@H]5O[C@@H]5[C@@H]7O)[C@@H](O)[C@@]2(C)C14)[C@@H]3O. The molecule has 13 rings (SSSR count). The fourth-order valence-electron chi connectivity index (χ4n) is 17.6. The van der Waals surface area contributed by atoms with Crippen LogP contribution in [-0.4, -0.2) is 110 Å². The number of esters is 3. The predicted molar refractivity (Wildman–Crippen MR) is 253 cm³/mol. The minimum atomic E-state index is -1.69. The van der Waals surface area contributed by atoms with Crippen molar-refractivity contribution < 1.29 is 86.7 Å². The van der Waals surface area contributed by atoms with Crippen LogP contribution in [-0.2, 0) is 59.0 Å². The number of rotatable bonds is 7. The highest BCUT2D eigenvalue weighted by atomic mass is 16.6. The summed E-state index contributed by atoms with van der Waals surface area (Å²) in [7, 11) is 0. The van der Waals surface area contributed by atoms with Crippen LogP contribution in [0.25, 0.3) is 0 Å². The Balaban J connectivity index is 0.868. The molecule has 408 valence electrons. The van der Waals surface area contributed by atoms with E-state index in [9.17, 15) is 59.4 Å². The molecule has 6 aliphatic carbocycles. The molecule has 4 saturated heterocycles. The topological polar surface area (TPSA) is 322 Å². The van der Waals surface area contributed by atoms with E-state index >= 15 is 0 Å². The number of fused-ring (bicyclic) bond motifs is 8. The Kier molecular flexibility index (Phi) is 10.2. The second kappa shape index (κ2) is 15.4. The van der Waals surface area contributed by atoms with Gasteiger partial charge in [0.15, 0.2) is 0 Å². The second-order valence-electron chi connectivity index (χ2n) is 25.2. The van der Waals surface area contributed by atoms with Gasteiger partial charge in [0.2, 0.25) is 0 Å². The molecule has 0 radical (unpaired) electrons. The maximum atomic E-state index is 14.3. The van der Waals surface area contributed by atoms with Crippen molar-refractivity contribution >= 4 is 17.9 Å². The predicted octanol–water partition coefficient (Wildman–Crippen LogP) is 2.19. The standard InChI is InChI=1S/C55H62O21/c1-16(2)33-27-19(11-24(56)70-33)50(5)14-22(44(63)54(9)40(50)36(30(27)59)75-48(54)66)68-17(3)34-28-20(12-25(57)71-34)52(7)41-37(31(28)60)74-47(65)51(41,6)15-23(43(52)62)69-18(4)35-29-21(13-26(58)72-35)53(8)42-38(32(29)61)76-49(67)55(42,10)45(64)39-46(53)73-39/h11-13,16-18,22-23,30-32,36-46,59-64H,14-15H2,1-10H3/t17?,18?,22-,23+,30+,31+,32+,36?,37?,38?,39+,40?,41?,42?,43+,44-,45-,46+,50+,51-,52+,53+,54+,55+/m0/s1. The monoisotopic (exact) mass is 1060 g/mol. The molecule has 3 saturated carbocycles. The lowest BCUT2D eigenvalue weighted by atomic mass is 9.48. The van der Waals surface area contributed by atoms with Gasteiger partial charge in [-0.2, -0.15) is 0 Å². The van der Waals surface area contributed by atoms with Gasteiger partial charge in [0.25, 0.3) is 0 Å². The molecular formula is C55H62O21. The van der Waals surface area contributed by atoms with Gasteiger partial charge in [-0.15, -0.1) is 0 Å². The quantitative estimate of drug-likeness (QED) is 0.112. The molecule has 6 N–H and O–H groups in total. The summed E-state index contributed by atoms with van der Waals surface area (Å²) in [5.41, 5.74) is -9.72. The Hall–Kier alpha value is -5.10. The van der Waals surface area contributed by atoms with E-state index < -0.39 is 177 Å². The number of ether oxygens (including phenoxy) is 6. The summed E-state index contributed by atoms with van der Waals surface area (Å²) in [6, 6.07) is 3.66. The Labute approximate surface area is 433 Å². The molecule has 10 aliphatic rings. The molecule has 0 spiro atoms. The van der Waals surface area contributed by atoms with Crippen LogP contribution < -0.4 is 16.9 Å².